The SMILES string of the molecule is NC(=O)c1ccc2[nH]ccc2c1.O=C(O)c1ccc2[nH]ccc2c1. The zero-order valence-corrected chi connectivity index (χ0v) is 12.6. The van der Waals surface area contributed by atoms with Gasteiger partial charge in [0.2, 0.25) is 5.91 Å². The van der Waals surface area contributed by atoms with Crippen LogP contribution < -0.4 is 5.73 Å². The first-order valence-electron chi connectivity index (χ1n) is 7.22. The van der Waals surface area contributed by atoms with Crippen LogP contribution >= 0.6 is 0 Å². The Morgan fingerprint density at radius 3 is 1.79 bits per heavy atom. The van der Waals surface area contributed by atoms with Crippen molar-refractivity contribution in [2.45, 2.75) is 0 Å². The molecule has 0 unspecified atom stereocenters. The largest absolute Gasteiger partial charge is 0.478 e. The number of nitrogens with two attached hydrogens (primary N) is 1. The van der Waals surface area contributed by atoms with Crippen LogP contribution in [-0.2, 0) is 0 Å². The van der Waals surface area contributed by atoms with Crippen LogP contribution in [0, 0.1) is 0 Å². The van der Waals surface area contributed by atoms with Crippen LogP contribution in [0.1, 0.15) is 20.7 Å². The highest BCUT2D eigenvalue weighted by molar-refractivity contribution is 5.97. The van der Waals surface area contributed by atoms with Gasteiger partial charge in [0, 0.05) is 39.8 Å². The van der Waals surface area contributed by atoms with E-state index in [1.54, 1.807) is 36.5 Å². The summed E-state index contributed by atoms with van der Waals surface area (Å²) in [4.78, 5) is 27.4. The number of aromatic nitrogens is 2. The van der Waals surface area contributed by atoms with E-state index in [4.69, 9.17) is 10.8 Å². The Hall–Kier alpha value is -3.54. The summed E-state index contributed by atoms with van der Waals surface area (Å²) in [5.74, 6) is -1.28. The molecule has 0 radical (unpaired) electrons. The lowest BCUT2D eigenvalue weighted by Crippen LogP contribution is -2.10. The Kier molecular flexibility index (Phi) is 4.03. The number of aromatic amines is 2. The van der Waals surface area contributed by atoms with E-state index in [1.165, 1.54) is 0 Å². The molecule has 0 saturated heterocycles. The molecule has 6 nitrogen and oxygen atoms in total. The molecule has 2 aromatic heterocycles. The van der Waals surface area contributed by atoms with Crippen molar-refractivity contribution < 1.29 is 14.7 Å². The summed E-state index contributed by atoms with van der Waals surface area (Å²) < 4.78 is 0. The summed E-state index contributed by atoms with van der Waals surface area (Å²) in [6.07, 6.45) is 3.62. The molecule has 0 aliphatic carbocycles. The Morgan fingerprint density at radius 1 is 0.792 bits per heavy atom. The van der Waals surface area contributed by atoms with Crippen LogP contribution in [0.3, 0.4) is 0 Å². The molecular formula is C18H15N3O3. The second kappa shape index (κ2) is 6.29. The molecule has 120 valence electrons. The highest BCUT2D eigenvalue weighted by atomic mass is 16.4. The predicted molar refractivity (Wildman–Crippen MR) is 92.1 cm³/mol. The number of aromatic carboxylic acids is 1. The Labute approximate surface area is 136 Å². The van der Waals surface area contributed by atoms with E-state index >= 15 is 0 Å². The maximum Gasteiger partial charge on any atom is 0.335 e. The highest BCUT2D eigenvalue weighted by Crippen LogP contribution is 2.14. The van der Waals surface area contributed by atoms with Crippen molar-refractivity contribution >= 4 is 33.7 Å². The van der Waals surface area contributed by atoms with Gasteiger partial charge in [-0.3, -0.25) is 4.79 Å². The zero-order valence-electron chi connectivity index (χ0n) is 12.6. The summed E-state index contributed by atoms with van der Waals surface area (Å²) in [6, 6.07) is 14.1. The molecule has 0 atom stereocenters. The molecule has 5 N–H and O–H groups in total. The fourth-order valence-electron chi connectivity index (χ4n) is 2.39. The van der Waals surface area contributed by atoms with E-state index in [0.717, 1.165) is 21.8 Å². The number of amides is 1. The van der Waals surface area contributed by atoms with Gasteiger partial charge in [-0.2, -0.15) is 0 Å². The van der Waals surface area contributed by atoms with Crippen LogP contribution in [-0.4, -0.2) is 27.0 Å². The molecule has 4 aromatic rings. The quantitative estimate of drug-likeness (QED) is 0.455. The third-order valence-corrected chi connectivity index (χ3v) is 3.64. The van der Waals surface area contributed by atoms with Gasteiger partial charge >= 0.3 is 5.97 Å². The minimum absolute atomic E-state index is 0.321. The average molecular weight is 321 g/mol. The maximum absolute atomic E-state index is 10.8. The molecule has 2 aromatic carbocycles. The fourth-order valence-corrected chi connectivity index (χ4v) is 2.39. The molecule has 1 amide bonds. The van der Waals surface area contributed by atoms with E-state index in [-0.39, 0.29) is 0 Å². The van der Waals surface area contributed by atoms with Crippen molar-refractivity contribution in [3.63, 3.8) is 0 Å². The number of carboxylic acid groups (broad SMARTS) is 1. The number of carboxylic acids is 1. The van der Waals surface area contributed by atoms with Gasteiger partial charge in [-0.05, 0) is 48.5 Å². The number of benzene rings is 2. The third kappa shape index (κ3) is 3.12. The number of rotatable bonds is 2. The van der Waals surface area contributed by atoms with Crippen LogP contribution in [0.5, 0.6) is 0 Å². The number of nitrogens with one attached hydrogen (secondary N) is 2. The molecule has 4 rings (SSSR count). The van der Waals surface area contributed by atoms with Crippen molar-refractivity contribution in [2.24, 2.45) is 5.73 Å². The first-order valence-corrected chi connectivity index (χ1v) is 7.22. The molecule has 0 aliphatic heterocycles. The van der Waals surface area contributed by atoms with Gasteiger partial charge in [0.1, 0.15) is 0 Å². The monoisotopic (exact) mass is 321 g/mol. The Bertz CT molecular complexity index is 946. The first-order chi connectivity index (χ1) is 11.5. The van der Waals surface area contributed by atoms with Crippen molar-refractivity contribution in [2.75, 3.05) is 0 Å². The Balaban J connectivity index is 0.000000141. The van der Waals surface area contributed by atoms with Gasteiger partial charge in [0.05, 0.1) is 5.56 Å². The molecule has 24 heavy (non-hydrogen) atoms. The lowest BCUT2D eigenvalue weighted by molar-refractivity contribution is 0.0697. The molecule has 2 heterocycles. The summed E-state index contributed by atoms with van der Waals surface area (Å²) in [6.45, 7) is 0. The molecule has 0 spiro atoms. The number of hydrogen-bond donors (Lipinski definition) is 4. The second-order valence-electron chi connectivity index (χ2n) is 5.23. The van der Waals surface area contributed by atoms with E-state index in [1.807, 2.05) is 24.4 Å². The lowest BCUT2D eigenvalue weighted by atomic mass is 10.1. The lowest BCUT2D eigenvalue weighted by Gasteiger charge is -1.94. The molecule has 0 bridgehead atoms. The average Bonchev–Trinajstić information content (AvgIpc) is 3.22. The maximum atomic E-state index is 10.8. The number of carbonyl (C=O) groups is 2. The van der Waals surface area contributed by atoms with Crippen molar-refractivity contribution in [1.82, 2.24) is 9.97 Å². The number of fused-ring (bicyclic) bond motifs is 2. The molecule has 0 fully saturated rings. The molecule has 0 saturated carbocycles. The van der Waals surface area contributed by atoms with Crippen molar-refractivity contribution in [3.05, 3.63) is 72.1 Å². The van der Waals surface area contributed by atoms with Crippen LogP contribution in [0.15, 0.2) is 60.9 Å². The molecule has 6 heteroatoms. The minimum Gasteiger partial charge on any atom is -0.478 e. The topological polar surface area (TPSA) is 112 Å². The first kappa shape index (κ1) is 15.4. The molecule has 0 aliphatic rings. The standard InChI is InChI=1S/C9H8N2O.C9H7NO2/c10-9(12)7-1-2-8-6(5-7)3-4-11-8;11-9(12)7-1-2-8-6(5-7)3-4-10-8/h1-5,11H,(H2,10,12);1-5,10H,(H,11,12). The third-order valence-electron chi connectivity index (χ3n) is 3.64. The summed E-state index contributed by atoms with van der Waals surface area (Å²) in [7, 11) is 0. The van der Waals surface area contributed by atoms with Crippen molar-refractivity contribution in [3.8, 4) is 0 Å². The molecular weight excluding hydrogens is 306 g/mol. The Morgan fingerprint density at radius 2 is 1.29 bits per heavy atom. The minimum atomic E-state index is -0.891. The van der Waals surface area contributed by atoms with Gasteiger partial charge in [-0.15, -0.1) is 0 Å². The number of hydrogen-bond acceptors (Lipinski definition) is 2. The van der Waals surface area contributed by atoms with E-state index in [0.29, 0.717) is 11.1 Å². The van der Waals surface area contributed by atoms with Gasteiger partial charge in [-0.1, -0.05) is 0 Å². The van der Waals surface area contributed by atoms with Gasteiger partial charge in [0.15, 0.2) is 0 Å². The number of primary amides is 1. The van der Waals surface area contributed by atoms with E-state index in [2.05, 4.69) is 9.97 Å². The highest BCUT2D eigenvalue weighted by Gasteiger charge is 2.03. The van der Waals surface area contributed by atoms with Crippen LogP contribution in [0.2, 0.25) is 0 Å². The summed E-state index contributed by atoms with van der Waals surface area (Å²) in [5.41, 5.74) is 7.96. The smallest absolute Gasteiger partial charge is 0.335 e. The normalized spacial score (nSPS) is 10.3. The van der Waals surface area contributed by atoms with Crippen LogP contribution in [0.25, 0.3) is 21.8 Å². The summed E-state index contributed by atoms with van der Waals surface area (Å²) in [5, 5.41) is 10.6. The number of H-pyrrole nitrogens is 2. The van der Waals surface area contributed by atoms with Gasteiger partial charge in [0.25, 0.3) is 0 Å². The predicted octanol–water partition coefficient (Wildman–Crippen LogP) is 3.13. The summed E-state index contributed by atoms with van der Waals surface area (Å²) >= 11 is 0. The van der Waals surface area contributed by atoms with E-state index < -0.39 is 11.9 Å². The van der Waals surface area contributed by atoms with Crippen molar-refractivity contribution in [1.29, 1.82) is 0 Å². The second-order valence-corrected chi connectivity index (χ2v) is 5.23. The van der Waals surface area contributed by atoms with E-state index in [9.17, 15) is 9.59 Å². The zero-order chi connectivity index (χ0) is 17.1. The fraction of sp³-hybridized carbons (Fsp3) is 0. The van der Waals surface area contributed by atoms with Gasteiger partial charge in [-0.25, -0.2) is 4.79 Å². The van der Waals surface area contributed by atoms with Crippen LogP contribution in [0.4, 0.5) is 0 Å². The van der Waals surface area contributed by atoms with Gasteiger partial charge < -0.3 is 20.8 Å². The number of carbonyl (C=O) groups excluding carboxylic acids is 1.